The fourth-order valence-electron chi connectivity index (χ4n) is 0.582. The van der Waals surface area contributed by atoms with E-state index >= 15 is 0 Å². The summed E-state index contributed by atoms with van der Waals surface area (Å²) in [6, 6.07) is 0. The summed E-state index contributed by atoms with van der Waals surface area (Å²) in [5, 5.41) is 16.4. The molecule has 0 aromatic heterocycles. The molecule has 0 saturated heterocycles. The number of carbonyl (C=O) groups is 3. The second-order valence-electron chi connectivity index (χ2n) is 2.11. The number of carbonyl (C=O) groups excluding carboxylic acids is 1. The van der Waals surface area contributed by atoms with Crippen molar-refractivity contribution in [3.8, 4) is 0 Å². The highest BCUT2D eigenvalue weighted by molar-refractivity contribution is 5.72. The van der Waals surface area contributed by atoms with E-state index in [0.717, 1.165) is 4.90 Å². The number of nitrogens with zero attached hydrogens (tertiary/aromatic N) is 1. The zero-order chi connectivity index (χ0) is 9.56. The summed E-state index contributed by atoms with van der Waals surface area (Å²) < 4.78 is 0. The standard InChI is InChI=1S/C6H9NO5/c8-4-7(3-6(11)12)2-1-5(9)10/h4H,1-3H2,(H,9,10)(H,11,12). The summed E-state index contributed by atoms with van der Waals surface area (Å²) >= 11 is 0. The number of hydrogen-bond donors (Lipinski definition) is 2. The third-order valence-corrected chi connectivity index (χ3v) is 1.10. The lowest BCUT2D eigenvalue weighted by Gasteiger charge is -2.12. The Morgan fingerprint density at radius 3 is 2.17 bits per heavy atom. The van der Waals surface area contributed by atoms with Gasteiger partial charge in [-0.3, -0.25) is 14.4 Å². The quantitative estimate of drug-likeness (QED) is 0.505. The van der Waals surface area contributed by atoms with Crippen LogP contribution in [0.3, 0.4) is 0 Å². The van der Waals surface area contributed by atoms with Gasteiger partial charge in [0.1, 0.15) is 6.54 Å². The average Bonchev–Trinajstić information content (AvgIpc) is 1.97. The highest BCUT2D eigenvalue weighted by Gasteiger charge is 2.07. The monoisotopic (exact) mass is 175 g/mol. The molecule has 6 nitrogen and oxygen atoms in total. The Bertz CT molecular complexity index is 190. The first-order valence-corrected chi connectivity index (χ1v) is 3.19. The SMILES string of the molecule is O=CN(CCC(=O)O)CC(=O)O. The number of hydrogen-bond acceptors (Lipinski definition) is 3. The van der Waals surface area contributed by atoms with Crippen molar-refractivity contribution in [3.63, 3.8) is 0 Å². The van der Waals surface area contributed by atoms with Crippen LogP contribution in [0.1, 0.15) is 6.42 Å². The number of amides is 1. The second kappa shape index (κ2) is 5.11. The van der Waals surface area contributed by atoms with Crippen LogP contribution < -0.4 is 0 Å². The van der Waals surface area contributed by atoms with E-state index in [9.17, 15) is 14.4 Å². The predicted octanol–water partition coefficient (Wildman–Crippen LogP) is -0.996. The number of carboxylic acid groups (broad SMARTS) is 2. The highest BCUT2D eigenvalue weighted by atomic mass is 16.4. The van der Waals surface area contributed by atoms with Crippen LogP contribution in [0.4, 0.5) is 0 Å². The van der Waals surface area contributed by atoms with Gasteiger partial charge >= 0.3 is 11.9 Å². The lowest BCUT2D eigenvalue weighted by atomic mass is 10.4. The maximum Gasteiger partial charge on any atom is 0.323 e. The molecule has 0 fully saturated rings. The van der Waals surface area contributed by atoms with E-state index in [1.807, 2.05) is 0 Å². The van der Waals surface area contributed by atoms with Crippen LogP contribution in [0.15, 0.2) is 0 Å². The molecule has 2 N–H and O–H groups in total. The van der Waals surface area contributed by atoms with Gasteiger partial charge in [0.05, 0.1) is 6.42 Å². The molecule has 0 bridgehead atoms. The molecule has 0 aliphatic rings. The molecule has 0 atom stereocenters. The van der Waals surface area contributed by atoms with Crippen LogP contribution in [0, 0.1) is 0 Å². The van der Waals surface area contributed by atoms with E-state index in [1.54, 1.807) is 0 Å². The van der Waals surface area contributed by atoms with Gasteiger partial charge < -0.3 is 15.1 Å². The number of rotatable bonds is 6. The molecule has 0 spiro atoms. The van der Waals surface area contributed by atoms with Gasteiger partial charge in [-0.15, -0.1) is 0 Å². The lowest BCUT2D eigenvalue weighted by Crippen LogP contribution is -2.30. The van der Waals surface area contributed by atoms with Crippen LogP contribution in [-0.2, 0) is 14.4 Å². The average molecular weight is 175 g/mol. The Hall–Kier alpha value is -1.59. The molecule has 0 heterocycles. The Morgan fingerprint density at radius 2 is 1.83 bits per heavy atom. The van der Waals surface area contributed by atoms with E-state index in [4.69, 9.17) is 10.2 Å². The summed E-state index contributed by atoms with van der Waals surface area (Å²) in [4.78, 5) is 31.1. The molecule has 1 amide bonds. The van der Waals surface area contributed by atoms with Gasteiger partial charge in [0.15, 0.2) is 0 Å². The molecular formula is C6H9NO5. The molecule has 0 aromatic rings. The molecule has 0 rings (SSSR count). The van der Waals surface area contributed by atoms with E-state index in [-0.39, 0.29) is 13.0 Å². The fourth-order valence-corrected chi connectivity index (χ4v) is 0.582. The minimum Gasteiger partial charge on any atom is -0.481 e. The van der Waals surface area contributed by atoms with Gasteiger partial charge in [0.2, 0.25) is 6.41 Å². The van der Waals surface area contributed by atoms with Crippen molar-refractivity contribution in [3.05, 3.63) is 0 Å². The molecule has 0 aliphatic heterocycles. The van der Waals surface area contributed by atoms with E-state index in [0.29, 0.717) is 6.41 Å². The Labute approximate surface area is 68.4 Å². The predicted molar refractivity (Wildman–Crippen MR) is 37.5 cm³/mol. The van der Waals surface area contributed by atoms with Crippen molar-refractivity contribution >= 4 is 18.3 Å². The van der Waals surface area contributed by atoms with E-state index in [2.05, 4.69) is 0 Å². The van der Waals surface area contributed by atoms with Crippen molar-refractivity contribution in [1.82, 2.24) is 4.90 Å². The first-order valence-electron chi connectivity index (χ1n) is 3.19. The summed E-state index contributed by atoms with van der Waals surface area (Å²) in [5.41, 5.74) is 0. The summed E-state index contributed by atoms with van der Waals surface area (Å²) in [5.74, 6) is -2.22. The van der Waals surface area contributed by atoms with Crippen molar-refractivity contribution in [2.45, 2.75) is 6.42 Å². The molecule has 0 unspecified atom stereocenters. The van der Waals surface area contributed by atoms with E-state index < -0.39 is 18.5 Å². The first-order chi connectivity index (χ1) is 5.56. The molecule has 6 heteroatoms. The first kappa shape index (κ1) is 10.4. The highest BCUT2D eigenvalue weighted by Crippen LogP contribution is 1.87. The molecule has 0 aromatic carbocycles. The minimum absolute atomic E-state index is 0.0782. The second-order valence-corrected chi connectivity index (χ2v) is 2.11. The molecule has 0 saturated carbocycles. The topological polar surface area (TPSA) is 94.9 Å². The van der Waals surface area contributed by atoms with Crippen LogP contribution in [0.25, 0.3) is 0 Å². The molecule has 0 aliphatic carbocycles. The molecule has 68 valence electrons. The molecule has 0 radical (unpaired) electrons. The zero-order valence-corrected chi connectivity index (χ0v) is 6.27. The van der Waals surface area contributed by atoms with Gasteiger partial charge in [0, 0.05) is 6.54 Å². The largest absolute Gasteiger partial charge is 0.481 e. The number of carboxylic acids is 2. The van der Waals surface area contributed by atoms with Crippen LogP contribution in [-0.4, -0.2) is 46.6 Å². The summed E-state index contributed by atoms with van der Waals surface area (Å²) in [7, 11) is 0. The summed E-state index contributed by atoms with van der Waals surface area (Å²) in [6.45, 7) is -0.540. The molecule has 12 heavy (non-hydrogen) atoms. The maximum absolute atomic E-state index is 10.1. The smallest absolute Gasteiger partial charge is 0.323 e. The fraction of sp³-hybridized carbons (Fsp3) is 0.500. The third-order valence-electron chi connectivity index (χ3n) is 1.10. The van der Waals surface area contributed by atoms with Gasteiger partial charge in [-0.1, -0.05) is 0 Å². The van der Waals surface area contributed by atoms with Crippen molar-refractivity contribution in [2.24, 2.45) is 0 Å². The van der Waals surface area contributed by atoms with Gasteiger partial charge in [-0.25, -0.2) is 0 Å². The van der Waals surface area contributed by atoms with Crippen molar-refractivity contribution in [1.29, 1.82) is 0 Å². The third kappa shape index (κ3) is 5.21. The zero-order valence-electron chi connectivity index (χ0n) is 6.27. The minimum atomic E-state index is -1.16. The van der Waals surface area contributed by atoms with Crippen LogP contribution in [0.2, 0.25) is 0 Å². The van der Waals surface area contributed by atoms with Crippen LogP contribution in [0.5, 0.6) is 0 Å². The Kier molecular flexibility index (Phi) is 4.43. The Morgan fingerprint density at radius 1 is 1.25 bits per heavy atom. The van der Waals surface area contributed by atoms with Gasteiger partial charge in [-0.2, -0.15) is 0 Å². The van der Waals surface area contributed by atoms with Crippen molar-refractivity contribution in [2.75, 3.05) is 13.1 Å². The van der Waals surface area contributed by atoms with Gasteiger partial charge in [0.25, 0.3) is 0 Å². The normalized spacial score (nSPS) is 9.00. The summed E-state index contributed by atoms with van der Waals surface area (Å²) in [6.07, 6.45) is 0.0725. The lowest BCUT2D eigenvalue weighted by molar-refractivity contribution is -0.143. The Balaban J connectivity index is 3.75. The maximum atomic E-state index is 10.1. The van der Waals surface area contributed by atoms with Crippen molar-refractivity contribution < 1.29 is 24.6 Å². The van der Waals surface area contributed by atoms with Gasteiger partial charge in [-0.05, 0) is 0 Å². The van der Waals surface area contributed by atoms with Crippen LogP contribution >= 0.6 is 0 Å². The van der Waals surface area contributed by atoms with E-state index in [1.165, 1.54) is 0 Å². The molecular weight excluding hydrogens is 166 g/mol. The number of aliphatic carboxylic acids is 2.